The van der Waals surface area contributed by atoms with Crippen LogP contribution < -0.4 is 5.73 Å². The Kier molecular flexibility index (Phi) is 4.29. The number of esters is 1. The normalized spacial score (nSPS) is 16.9. The number of nitrogens with two attached hydrogens (primary N) is 1. The molecule has 7 heteroatoms. The van der Waals surface area contributed by atoms with E-state index >= 15 is 0 Å². The van der Waals surface area contributed by atoms with E-state index < -0.39 is 16.0 Å². The summed E-state index contributed by atoms with van der Waals surface area (Å²) in [7, 11) is -2.48. The first-order valence-corrected chi connectivity index (χ1v) is 7.89. The van der Waals surface area contributed by atoms with Gasteiger partial charge in [0.2, 0.25) is 10.0 Å². The van der Waals surface area contributed by atoms with Crippen LogP contribution in [0.25, 0.3) is 0 Å². The number of carbonyl (C=O) groups is 1. The summed E-state index contributed by atoms with van der Waals surface area (Å²) in [5.41, 5.74) is 5.93. The molecule has 0 radical (unpaired) electrons. The summed E-state index contributed by atoms with van der Waals surface area (Å²) in [5, 5.41) is 0. The largest absolute Gasteiger partial charge is 0.465 e. The molecular formula is C13H18N2O4S. The lowest BCUT2D eigenvalue weighted by atomic mass is 10.2. The van der Waals surface area contributed by atoms with E-state index in [0.717, 1.165) is 19.3 Å². The van der Waals surface area contributed by atoms with Gasteiger partial charge in [0, 0.05) is 18.8 Å². The second kappa shape index (κ2) is 5.80. The second-order valence-corrected chi connectivity index (χ2v) is 6.62. The molecule has 1 aliphatic rings. The molecule has 6 nitrogen and oxygen atoms in total. The van der Waals surface area contributed by atoms with Crippen molar-refractivity contribution in [3.05, 3.63) is 23.8 Å². The van der Waals surface area contributed by atoms with Gasteiger partial charge < -0.3 is 10.5 Å². The molecule has 0 bridgehead atoms. The number of rotatable bonds is 3. The third-order valence-corrected chi connectivity index (χ3v) is 5.30. The Morgan fingerprint density at radius 2 is 1.90 bits per heavy atom. The first kappa shape index (κ1) is 14.8. The SMILES string of the molecule is COC(=O)c1cc(N)ccc1S(=O)(=O)N1CCCCC1. The summed E-state index contributed by atoms with van der Waals surface area (Å²) >= 11 is 0. The van der Waals surface area contributed by atoms with Crippen molar-refractivity contribution in [1.82, 2.24) is 4.31 Å². The molecule has 0 aliphatic carbocycles. The van der Waals surface area contributed by atoms with Crippen molar-refractivity contribution in [2.24, 2.45) is 0 Å². The Labute approximate surface area is 118 Å². The lowest BCUT2D eigenvalue weighted by Gasteiger charge is -2.26. The molecule has 0 atom stereocenters. The fourth-order valence-electron chi connectivity index (χ4n) is 2.29. The number of benzene rings is 1. The highest BCUT2D eigenvalue weighted by Crippen LogP contribution is 2.25. The van der Waals surface area contributed by atoms with Crippen molar-refractivity contribution in [2.45, 2.75) is 24.2 Å². The number of carbonyl (C=O) groups excluding carboxylic acids is 1. The number of nitrogen functional groups attached to an aromatic ring is 1. The van der Waals surface area contributed by atoms with Crippen LogP contribution in [0.15, 0.2) is 23.1 Å². The van der Waals surface area contributed by atoms with Crippen molar-refractivity contribution in [1.29, 1.82) is 0 Å². The Morgan fingerprint density at radius 1 is 1.25 bits per heavy atom. The van der Waals surface area contributed by atoms with Crippen molar-refractivity contribution < 1.29 is 17.9 Å². The van der Waals surface area contributed by atoms with Gasteiger partial charge in [-0.15, -0.1) is 0 Å². The zero-order valence-electron chi connectivity index (χ0n) is 11.3. The maximum Gasteiger partial charge on any atom is 0.339 e. The standard InChI is InChI=1S/C13H18N2O4S/c1-19-13(16)11-9-10(14)5-6-12(11)20(17,18)15-7-3-2-4-8-15/h5-6,9H,2-4,7-8,14H2,1H3. The zero-order chi connectivity index (χ0) is 14.8. The average Bonchev–Trinajstić information content (AvgIpc) is 2.47. The van der Waals surface area contributed by atoms with E-state index in [0.29, 0.717) is 18.8 Å². The minimum absolute atomic E-state index is 0.0157. The molecular weight excluding hydrogens is 280 g/mol. The molecule has 110 valence electrons. The lowest BCUT2D eigenvalue weighted by molar-refractivity contribution is 0.0596. The third kappa shape index (κ3) is 2.78. The Morgan fingerprint density at radius 3 is 2.50 bits per heavy atom. The lowest BCUT2D eigenvalue weighted by Crippen LogP contribution is -2.36. The third-order valence-electron chi connectivity index (χ3n) is 3.34. The molecule has 20 heavy (non-hydrogen) atoms. The number of nitrogens with zero attached hydrogens (tertiary/aromatic N) is 1. The molecule has 0 amide bonds. The van der Waals surface area contributed by atoms with Gasteiger partial charge in [-0.3, -0.25) is 0 Å². The Hall–Kier alpha value is -1.60. The van der Waals surface area contributed by atoms with Gasteiger partial charge in [0.25, 0.3) is 0 Å². The molecule has 1 heterocycles. The van der Waals surface area contributed by atoms with Crippen LogP contribution in [-0.2, 0) is 14.8 Å². The highest BCUT2D eigenvalue weighted by Gasteiger charge is 2.30. The second-order valence-electron chi connectivity index (χ2n) is 4.71. The summed E-state index contributed by atoms with van der Waals surface area (Å²) in [4.78, 5) is 11.7. The molecule has 2 rings (SSSR count). The van der Waals surface area contributed by atoms with Crippen LogP contribution in [-0.4, -0.2) is 38.9 Å². The quantitative estimate of drug-likeness (QED) is 0.669. The first-order chi connectivity index (χ1) is 9.46. The minimum atomic E-state index is -3.69. The van der Waals surface area contributed by atoms with E-state index in [1.54, 1.807) is 0 Å². The molecule has 2 N–H and O–H groups in total. The molecule has 1 fully saturated rings. The van der Waals surface area contributed by atoms with E-state index in [-0.39, 0.29) is 10.5 Å². The molecule has 0 aromatic heterocycles. The van der Waals surface area contributed by atoms with Crippen molar-refractivity contribution >= 4 is 21.7 Å². The molecule has 1 saturated heterocycles. The van der Waals surface area contributed by atoms with E-state index in [4.69, 9.17) is 5.73 Å². The van der Waals surface area contributed by atoms with Gasteiger partial charge in [0.15, 0.2) is 0 Å². The molecule has 1 aliphatic heterocycles. The zero-order valence-corrected chi connectivity index (χ0v) is 12.1. The Bertz CT molecular complexity index is 607. The van der Waals surface area contributed by atoms with Gasteiger partial charge in [-0.1, -0.05) is 6.42 Å². The summed E-state index contributed by atoms with van der Waals surface area (Å²) < 4.78 is 31.3. The van der Waals surface area contributed by atoms with E-state index in [9.17, 15) is 13.2 Å². The van der Waals surface area contributed by atoms with Crippen LogP contribution >= 0.6 is 0 Å². The van der Waals surface area contributed by atoms with E-state index in [2.05, 4.69) is 4.74 Å². The van der Waals surface area contributed by atoms with Crippen LogP contribution in [0.5, 0.6) is 0 Å². The Balaban J connectivity index is 2.48. The minimum Gasteiger partial charge on any atom is -0.465 e. The fraction of sp³-hybridized carbons (Fsp3) is 0.462. The fourth-order valence-corrected chi connectivity index (χ4v) is 3.96. The van der Waals surface area contributed by atoms with Crippen LogP contribution in [0.3, 0.4) is 0 Å². The first-order valence-electron chi connectivity index (χ1n) is 6.45. The number of hydrogen-bond donors (Lipinski definition) is 1. The van der Waals surface area contributed by atoms with Gasteiger partial charge in [0.05, 0.1) is 17.6 Å². The van der Waals surface area contributed by atoms with Crippen molar-refractivity contribution in [3.63, 3.8) is 0 Å². The topological polar surface area (TPSA) is 89.7 Å². The molecule has 1 aromatic carbocycles. The van der Waals surface area contributed by atoms with Gasteiger partial charge in [-0.2, -0.15) is 4.31 Å². The van der Waals surface area contributed by atoms with Gasteiger partial charge in [-0.05, 0) is 31.0 Å². The highest BCUT2D eigenvalue weighted by atomic mass is 32.2. The highest BCUT2D eigenvalue weighted by molar-refractivity contribution is 7.89. The monoisotopic (exact) mass is 298 g/mol. The summed E-state index contributed by atoms with van der Waals surface area (Å²) in [6.45, 7) is 0.959. The molecule has 0 spiro atoms. The van der Waals surface area contributed by atoms with Gasteiger partial charge >= 0.3 is 5.97 Å². The van der Waals surface area contributed by atoms with Crippen molar-refractivity contribution in [3.8, 4) is 0 Å². The number of methoxy groups -OCH3 is 1. The summed E-state index contributed by atoms with van der Waals surface area (Å²) in [6.07, 6.45) is 2.70. The predicted molar refractivity (Wildman–Crippen MR) is 74.8 cm³/mol. The maximum atomic E-state index is 12.6. The van der Waals surface area contributed by atoms with Crippen LogP contribution in [0.2, 0.25) is 0 Å². The maximum absolute atomic E-state index is 12.6. The number of ether oxygens (including phenoxy) is 1. The smallest absolute Gasteiger partial charge is 0.339 e. The molecule has 0 saturated carbocycles. The van der Waals surface area contributed by atoms with E-state index in [1.165, 1.54) is 29.6 Å². The number of sulfonamides is 1. The summed E-state index contributed by atoms with van der Waals surface area (Å²) in [5.74, 6) is -0.701. The molecule has 0 unspecified atom stereocenters. The van der Waals surface area contributed by atoms with Crippen LogP contribution in [0.1, 0.15) is 29.6 Å². The molecule has 1 aromatic rings. The number of hydrogen-bond acceptors (Lipinski definition) is 5. The van der Waals surface area contributed by atoms with E-state index in [1.807, 2.05) is 0 Å². The van der Waals surface area contributed by atoms with Crippen molar-refractivity contribution in [2.75, 3.05) is 25.9 Å². The van der Waals surface area contributed by atoms with Gasteiger partial charge in [-0.25, -0.2) is 13.2 Å². The predicted octanol–water partition coefficient (Wildman–Crippen LogP) is 1.23. The number of piperidine rings is 1. The van der Waals surface area contributed by atoms with Crippen LogP contribution in [0, 0.1) is 0 Å². The van der Waals surface area contributed by atoms with Crippen LogP contribution in [0.4, 0.5) is 5.69 Å². The summed E-state index contributed by atoms with van der Waals surface area (Å²) in [6, 6.07) is 4.18. The number of anilines is 1. The van der Waals surface area contributed by atoms with Gasteiger partial charge in [0.1, 0.15) is 0 Å². The average molecular weight is 298 g/mol.